The molecule has 6 aliphatic heterocycles. The number of nitrogens with one attached hydrogen (secondary N) is 2. The Morgan fingerprint density at radius 2 is 0.959 bits per heavy atom. The van der Waals surface area contributed by atoms with E-state index in [0.29, 0.717) is 11.3 Å². The van der Waals surface area contributed by atoms with Gasteiger partial charge in [0.05, 0.1) is 89.7 Å². The van der Waals surface area contributed by atoms with Crippen LogP contribution in [0.1, 0.15) is 135 Å². The van der Waals surface area contributed by atoms with E-state index in [4.69, 9.17) is 106 Å². The molecule has 8 aromatic heterocycles. The van der Waals surface area contributed by atoms with Gasteiger partial charge in [-0.05, 0) is 134 Å². The fourth-order valence-electron chi connectivity index (χ4n) is 16.0. The Morgan fingerprint density at radius 1 is 0.553 bits per heavy atom. The van der Waals surface area contributed by atoms with Crippen LogP contribution in [0.5, 0.6) is 0 Å². The van der Waals surface area contributed by atoms with Crippen LogP contribution in [0.15, 0.2) is 59.9 Å². The predicted molar refractivity (Wildman–Crippen MR) is 454 cm³/mol. The number of nitrogens with zero attached hydrogens (tertiary/aromatic N) is 14. The summed E-state index contributed by atoms with van der Waals surface area (Å²) in [6.45, 7) is 12.0. The maximum atomic E-state index is 16.7. The van der Waals surface area contributed by atoms with E-state index < -0.39 is 171 Å². The fourth-order valence-corrected chi connectivity index (χ4v) is 23.0. The van der Waals surface area contributed by atoms with Crippen LogP contribution in [0.25, 0.3) is 44.4 Å². The van der Waals surface area contributed by atoms with E-state index in [1.165, 1.54) is 95.5 Å². The van der Waals surface area contributed by atoms with Gasteiger partial charge < -0.3 is 96.2 Å². The van der Waals surface area contributed by atoms with Gasteiger partial charge in [0.2, 0.25) is 0 Å². The summed E-state index contributed by atoms with van der Waals surface area (Å²) < 4.78 is 134. The van der Waals surface area contributed by atoms with Crippen LogP contribution in [-0.4, -0.2) is 238 Å². The molecule has 6 saturated heterocycles. The van der Waals surface area contributed by atoms with Crippen molar-refractivity contribution < 1.29 is 162 Å². The van der Waals surface area contributed by atoms with Crippen LogP contribution in [-0.2, 0) is 138 Å². The number of hydrogen-bond acceptors (Lipinski definition) is 32. The number of quaternary nitrogens is 2. The molecule has 4 unspecified atom stereocenters. The molecule has 0 aromatic carbocycles. The average molecular weight is 1910 g/mol. The van der Waals surface area contributed by atoms with E-state index in [1.807, 2.05) is 33.9 Å². The number of alkyl halides is 2. The van der Waals surface area contributed by atoms with Crippen molar-refractivity contribution in [3.8, 4) is 0 Å². The molecule has 6 fully saturated rings. The number of rotatable bonds is 16. The van der Waals surface area contributed by atoms with Crippen molar-refractivity contribution in [3.05, 3.63) is 93.6 Å². The number of ether oxygens (including phenoxy) is 4. The third-order valence-electron chi connectivity index (χ3n) is 23.7. The molecule has 51 heteroatoms. The Hall–Kier alpha value is -2.29. The normalized spacial score (nSPS) is 31.8. The number of aliphatic hydroxyl groups is 1. The molecule has 8 N–H and O–H groups in total. The summed E-state index contributed by atoms with van der Waals surface area (Å²) in [5, 5.41) is 12.6. The zero-order valence-electron chi connectivity index (χ0n) is 71.3. The summed E-state index contributed by atoms with van der Waals surface area (Å²) >= 11 is 20.2. The van der Waals surface area contributed by atoms with Crippen LogP contribution in [0.2, 0.25) is 18.1 Å². The minimum atomic E-state index is -4.51. The van der Waals surface area contributed by atoms with Gasteiger partial charge in [-0.25, -0.2) is 53.2 Å². The van der Waals surface area contributed by atoms with E-state index in [0.717, 1.165) is 84.7 Å². The first kappa shape index (κ1) is 101. The smallest absolute Gasteiger partial charge is 0.780 e. The summed E-state index contributed by atoms with van der Waals surface area (Å²) in [7, 11) is -2.69. The van der Waals surface area contributed by atoms with E-state index in [2.05, 4.69) is 93.7 Å². The number of nitrogens with two attached hydrogens (primary N) is 2. The van der Waals surface area contributed by atoms with Crippen molar-refractivity contribution in [1.82, 2.24) is 67.3 Å². The molecule has 123 heavy (non-hydrogen) atoms. The first-order chi connectivity index (χ1) is 57.5. The number of halogens is 2. The van der Waals surface area contributed by atoms with Crippen molar-refractivity contribution in [2.45, 2.75) is 243 Å². The Bertz CT molecular complexity index is 5270. The van der Waals surface area contributed by atoms with Crippen molar-refractivity contribution in [2.75, 3.05) is 78.8 Å². The number of aliphatic hydroxyl groups excluding tert-OH is 1. The minimum Gasteiger partial charge on any atom is -0.780 e. The first-order valence-corrected chi connectivity index (χ1v) is 54.3. The van der Waals surface area contributed by atoms with Gasteiger partial charge in [-0.3, -0.25) is 41.4 Å². The van der Waals surface area contributed by atoms with Crippen LogP contribution in [0.3, 0.4) is 0 Å². The maximum Gasteiger partial charge on any atom is 1.00 e. The van der Waals surface area contributed by atoms with Gasteiger partial charge in [0, 0.05) is 49.3 Å². The molecule has 20 atom stereocenters. The number of hydrogen-bond donors (Lipinski definition) is 7. The molecule has 8 aliphatic rings. The summed E-state index contributed by atoms with van der Waals surface area (Å²) in [5.74, 6) is 0. The van der Waals surface area contributed by atoms with Crippen LogP contribution < -0.4 is 101 Å². The molecular weight excluding hydrogens is 1800 g/mol. The van der Waals surface area contributed by atoms with Gasteiger partial charge in [0.25, 0.3) is 11.1 Å². The Morgan fingerprint density at radius 3 is 1.39 bits per heavy atom. The van der Waals surface area contributed by atoms with Gasteiger partial charge in [-0.15, -0.1) is 0 Å². The third kappa shape index (κ3) is 22.5. The van der Waals surface area contributed by atoms with E-state index in [1.54, 1.807) is 31.3 Å². The summed E-state index contributed by atoms with van der Waals surface area (Å²) in [6.07, 6.45) is -4.02. The van der Waals surface area contributed by atoms with E-state index in [9.17, 15) is 33.9 Å². The number of thiol groups is 1. The molecule has 4 bridgehead atoms. The summed E-state index contributed by atoms with van der Waals surface area (Å²) in [6, 6.07) is 0. The molecule has 16 rings (SSSR count). The second kappa shape index (κ2) is 42.7. The summed E-state index contributed by atoms with van der Waals surface area (Å²) in [5.41, 5.74) is 15.2. The van der Waals surface area contributed by atoms with Crippen LogP contribution in [0.4, 0.5) is 8.78 Å². The van der Waals surface area contributed by atoms with Crippen molar-refractivity contribution in [2.24, 2.45) is 11.5 Å². The zero-order valence-corrected chi connectivity index (χ0v) is 83.2. The number of imidazole rings is 2. The molecule has 0 spiro atoms. The second-order valence-corrected chi connectivity index (χ2v) is 48.0. The van der Waals surface area contributed by atoms with Gasteiger partial charge >= 0.3 is 72.6 Å². The van der Waals surface area contributed by atoms with Crippen molar-refractivity contribution in [1.29, 1.82) is 0 Å². The molecule has 14 heterocycles. The number of aryl methyl sites for hydroxylation is 4. The van der Waals surface area contributed by atoms with Gasteiger partial charge in [-0.1, -0.05) is 56.6 Å². The SMILES string of the molecule is CC(C)(C)[Si](C)(C)O[C@H]1[C@H]2OP(=O)(S)OC[C@H]3O[C@@H](n4cc5c6c(ncnc64)CCCC5)[C@H](F)[C@@H]3OP([O-])(=S)OC[C@H]1O[C@H]2n1cnc2c(=O)n(CCN)cnc21.CC[NH+](CC)CC.CC[NH+](CC)CC.NCCn1cnc2c(ncn2[C@@H]2O[C@@H]3COP([O-])(=S)O[C@H]4[C@@H](F)[C@H](n5cc6c7c(ncnc75)CCCC6)O[C@@H]4COP(O)(=S)O[C@@H]2[C@@H]3O)c1=O.[Na+].[Na+]. The average Bonchev–Trinajstić information content (AvgIpc) is 1.62. The van der Waals surface area contributed by atoms with Crippen LogP contribution >= 0.6 is 39.2 Å². The second-order valence-electron chi connectivity index (χ2n) is 32.2. The van der Waals surface area contributed by atoms with Crippen molar-refractivity contribution >= 4 is 127 Å². The Labute approximate surface area is 776 Å². The van der Waals surface area contributed by atoms with Crippen molar-refractivity contribution in [3.63, 3.8) is 0 Å². The molecule has 38 nitrogen and oxygen atoms in total. The molecule has 8 aromatic rings. The summed E-state index contributed by atoms with van der Waals surface area (Å²) in [4.78, 5) is 103. The Balaban J connectivity index is 0.000000205. The molecule has 670 valence electrons. The molecule has 0 saturated carbocycles. The number of aromatic nitrogens is 14. The number of fused-ring (bicyclic) bond motifs is 8. The zero-order chi connectivity index (χ0) is 87.0. The molecule has 2 aliphatic carbocycles. The topological polar surface area (TPSA) is 451 Å². The maximum absolute atomic E-state index is 16.7. The third-order valence-corrected chi connectivity index (χ3v) is 34.4. The quantitative estimate of drug-likeness (QED) is 0.0304. The standard InChI is InChI=1S/C33H47FN8O10P2S2Si.C27H33FN8O10P2S2.2C6H15N.2Na/c1-33(2,3)57(4,5)52-26-21-14-47-53(44,55)50-25-20(48-31(23(25)34)41-12-18-8-6-7-9-19-22(18)28(41)37-15-36-19)13-46-54(45,56)51-27(26)32(49-21)42-17-38-24-29(42)39-16-40(11-10-35)30(24)43;28-18-21-16(44-26(18)35-7-13-3-1-2-4-14-17(13)23(35)31-10-30-14)9-42-48(40,50)46-22-20(37)15(8-41-47(39,49)45-21)43-27(22)36-12-32-19-24(36)33-11-34(6-5-29)25(19)38;2*1-4-7(5-2)6-3;;/h12,15-17,20-21,23,25-27,31-32H,6-11,13-14,35H2,1-5H3,(H,44,55)(H,45,56);7,10-12,15-16,18,20-22,26-27,37H,1-6,8-9,29H2,(H,39,49)(H,40,50);2*4-6H2,1-3H3;;/q;;;;2*+1/t20-,21-,23-,25-,26-,27-,31-,32-,53?,54?;15-,16-,18-,20-,21-,22-,26-,27-,47?,48?;;;;/m11..../s1. The van der Waals surface area contributed by atoms with E-state index in [-0.39, 0.29) is 113 Å². The molecule has 0 amide bonds. The molecular formula is C72H110F2N18Na2O20P4S4Si+2. The van der Waals surface area contributed by atoms with E-state index >= 15 is 8.78 Å². The fraction of sp³-hybridized carbons (Fsp3) is 0.694. The molecule has 0 radical (unpaired) electrons. The monoisotopic (exact) mass is 1910 g/mol. The Kier molecular flexibility index (Phi) is 35.2. The van der Waals surface area contributed by atoms with Gasteiger partial charge in [0.1, 0.15) is 111 Å². The van der Waals surface area contributed by atoms with Crippen LogP contribution in [0, 0.1) is 0 Å². The van der Waals surface area contributed by atoms with Gasteiger partial charge in [-0.2, -0.15) is 0 Å². The van der Waals surface area contributed by atoms with Gasteiger partial charge in [0.15, 0.2) is 67.9 Å². The predicted octanol–water partition coefficient (Wildman–Crippen LogP) is -2.30. The largest absolute Gasteiger partial charge is 1.00 e. The minimum absolute atomic E-state index is 0. The first-order valence-electron chi connectivity index (χ1n) is 40.9.